The van der Waals surface area contributed by atoms with Crippen molar-refractivity contribution in [1.29, 1.82) is 0 Å². The molecule has 0 saturated heterocycles. The second-order valence-electron chi connectivity index (χ2n) is 3.33. The van der Waals surface area contributed by atoms with Crippen molar-refractivity contribution in [1.82, 2.24) is 10.2 Å². The first kappa shape index (κ1) is 7.34. The van der Waals surface area contributed by atoms with E-state index in [4.69, 9.17) is 5.11 Å². The van der Waals surface area contributed by atoms with Gasteiger partial charge in [0.2, 0.25) is 0 Å². The average Bonchev–Trinajstić information content (AvgIpc) is 2.59. The molecule has 12 heavy (non-hydrogen) atoms. The van der Waals surface area contributed by atoms with E-state index in [1.54, 1.807) is 6.07 Å². The van der Waals surface area contributed by atoms with Gasteiger partial charge in [-0.05, 0) is 18.4 Å². The first-order valence-electron chi connectivity index (χ1n) is 3.97. The molecule has 4 heteroatoms. The summed E-state index contributed by atoms with van der Waals surface area (Å²) < 4.78 is 0. The molecule has 2 rings (SSSR count). The lowest BCUT2D eigenvalue weighted by Gasteiger charge is -1.86. The van der Waals surface area contributed by atoms with Gasteiger partial charge in [-0.25, -0.2) is 4.79 Å². The standard InChI is InChI=1S/C8H10N2O2/c1-4-2-5(4)6-3-7(8(11)12)10-9-6/h3-5H,2H2,1H3,(H,9,10)(H,11,12). The maximum absolute atomic E-state index is 10.5. The average molecular weight is 166 g/mol. The Balaban J connectivity index is 2.19. The highest BCUT2D eigenvalue weighted by molar-refractivity contribution is 5.85. The highest BCUT2D eigenvalue weighted by atomic mass is 16.4. The summed E-state index contributed by atoms with van der Waals surface area (Å²) >= 11 is 0. The molecule has 1 fully saturated rings. The summed E-state index contributed by atoms with van der Waals surface area (Å²) in [6.07, 6.45) is 1.14. The van der Waals surface area contributed by atoms with E-state index in [-0.39, 0.29) is 5.69 Å². The van der Waals surface area contributed by atoms with E-state index in [9.17, 15) is 4.79 Å². The SMILES string of the molecule is CC1CC1c1cc(C(=O)O)n[nH]1. The number of nitrogens with one attached hydrogen (secondary N) is 1. The largest absolute Gasteiger partial charge is 0.476 e. The first-order valence-corrected chi connectivity index (χ1v) is 3.97. The molecule has 0 aliphatic heterocycles. The van der Waals surface area contributed by atoms with Crippen LogP contribution in [0.25, 0.3) is 0 Å². The van der Waals surface area contributed by atoms with Gasteiger partial charge >= 0.3 is 5.97 Å². The molecule has 1 saturated carbocycles. The van der Waals surface area contributed by atoms with Gasteiger partial charge < -0.3 is 5.11 Å². The third-order valence-corrected chi connectivity index (χ3v) is 2.33. The van der Waals surface area contributed by atoms with Crippen LogP contribution < -0.4 is 0 Å². The van der Waals surface area contributed by atoms with Gasteiger partial charge in [0, 0.05) is 11.6 Å². The summed E-state index contributed by atoms with van der Waals surface area (Å²) in [5.41, 5.74) is 1.07. The number of aromatic amines is 1. The summed E-state index contributed by atoms with van der Waals surface area (Å²) in [6.45, 7) is 2.14. The van der Waals surface area contributed by atoms with Crippen molar-refractivity contribution in [3.8, 4) is 0 Å². The Labute approximate surface area is 69.6 Å². The minimum absolute atomic E-state index is 0.115. The molecule has 2 N–H and O–H groups in total. The van der Waals surface area contributed by atoms with Gasteiger partial charge in [-0.1, -0.05) is 6.92 Å². The zero-order chi connectivity index (χ0) is 8.72. The number of hydrogen-bond donors (Lipinski definition) is 2. The van der Waals surface area contributed by atoms with Crippen molar-refractivity contribution in [3.05, 3.63) is 17.5 Å². The van der Waals surface area contributed by atoms with Crippen molar-refractivity contribution in [2.24, 2.45) is 5.92 Å². The van der Waals surface area contributed by atoms with Crippen molar-refractivity contribution in [2.45, 2.75) is 19.3 Å². The number of carbonyl (C=O) groups is 1. The van der Waals surface area contributed by atoms with Gasteiger partial charge in [0.1, 0.15) is 0 Å². The Kier molecular flexibility index (Phi) is 1.43. The van der Waals surface area contributed by atoms with Crippen LogP contribution in [0.15, 0.2) is 6.07 Å². The van der Waals surface area contributed by atoms with Crippen LogP contribution in [0.3, 0.4) is 0 Å². The molecule has 64 valence electrons. The predicted octanol–water partition coefficient (Wildman–Crippen LogP) is 1.23. The van der Waals surface area contributed by atoms with Gasteiger partial charge in [0.05, 0.1) is 0 Å². The molecule has 0 aromatic carbocycles. The van der Waals surface area contributed by atoms with Crippen LogP contribution in [0.5, 0.6) is 0 Å². The van der Waals surface area contributed by atoms with Crippen molar-refractivity contribution < 1.29 is 9.90 Å². The highest BCUT2D eigenvalue weighted by Gasteiger charge is 2.35. The lowest BCUT2D eigenvalue weighted by Crippen LogP contribution is -1.95. The fraction of sp³-hybridized carbons (Fsp3) is 0.500. The second kappa shape index (κ2) is 2.33. The minimum Gasteiger partial charge on any atom is -0.476 e. The Morgan fingerprint density at radius 1 is 1.83 bits per heavy atom. The molecule has 2 unspecified atom stereocenters. The minimum atomic E-state index is -0.967. The molecule has 1 aromatic heterocycles. The number of hydrogen-bond acceptors (Lipinski definition) is 2. The van der Waals surface area contributed by atoms with E-state index in [2.05, 4.69) is 17.1 Å². The first-order chi connectivity index (χ1) is 5.68. The second-order valence-corrected chi connectivity index (χ2v) is 3.33. The maximum atomic E-state index is 10.5. The molecule has 1 heterocycles. The molecular formula is C8H10N2O2. The van der Waals surface area contributed by atoms with E-state index in [1.165, 1.54) is 0 Å². The van der Waals surface area contributed by atoms with Crippen LogP contribution in [0.4, 0.5) is 0 Å². The predicted molar refractivity (Wildman–Crippen MR) is 42.1 cm³/mol. The molecule has 0 radical (unpaired) electrons. The Hall–Kier alpha value is -1.32. The zero-order valence-corrected chi connectivity index (χ0v) is 6.74. The molecule has 1 aromatic rings. The van der Waals surface area contributed by atoms with Crippen LogP contribution in [0.2, 0.25) is 0 Å². The third kappa shape index (κ3) is 1.09. The van der Waals surface area contributed by atoms with Gasteiger partial charge in [0.15, 0.2) is 5.69 Å². The summed E-state index contributed by atoms with van der Waals surface area (Å²) in [6, 6.07) is 1.62. The summed E-state index contributed by atoms with van der Waals surface area (Å²) in [5.74, 6) is 0.212. The number of H-pyrrole nitrogens is 1. The number of carboxylic acid groups (broad SMARTS) is 1. The normalized spacial score (nSPS) is 27.1. The number of rotatable bonds is 2. The molecule has 4 nitrogen and oxygen atoms in total. The van der Waals surface area contributed by atoms with Crippen LogP contribution in [-0.2, 0) is 0 Å². The number of aromatic carboxylic acids is 1. The number of aromatic nitrogens is 2. The van der Waals surface area contributed by atoms with Crippen molar-refractivity contribution in [3.63, 3.8) is 0 Å². The fourth-order valence-electron chi connectivity index (χ4n) is 1.39. The monoisotopic (exact) mass is 166 g/mol. The van der Waals surface area contributed by atoms with Gasteiger partial charge in [-0.15, -0.1) is 0 Å². The Bertz CT molecular complexity index is 319. The molecule has 1 aliphatic rings. The molecule has 0 bridgehead atoms. The van der Waals surface area contributed by atoms with E-state index < -0.39 is 5.97 Å². The van der Waals surface area contributed by atoms with Crippen molar-refractivity contribution >= 4 is 5.97 Å². The van der Waals surface area contributed by atoms with Crippen LogP contribution >= 0.6 is 0 Å². The number of nitrogens with zero attached hydrogens (tertiary/aromatic N) is 1. The van der Waals surface area contributed by atoms with Gasteiger partial charge in [0.25, 0.3) is 0 Å². The van der Waals surface area contributed by atoms with Crippen LogP contribution in [0.1, 0.15) is 35.4 Å². The molecule has 2 atom stereocenters. The summed E-state index contributed by atoms with van der Waals surface area (Å²) in [4.78, 5) is 10.5. The molecular weight excluding hydrogens is 156 g/mol. The summed E-state index contributed by atoms with van der Waals surface area (Å²) in [5, 5.41) is 15.0. The quantitative estimate of drug-likeness (QED) is 0.694. The highest BCUT2D eigenvalue weighted by Crippen LogP contribution is 2.46. The fourth-order valence-corrected chi connectivity index (χ4v) is 1.39. The van der Waals surface area contributed by atoms with Crippen LogP contribution in [0, 0.1) is 5.92 Å². The topological polar surface area (TPSA) is 66.0 Å². The smallest absolute Gasteiger partial charge is 0.356 e. The van der Waals surface area contributed by atoms with Gasteiger partial charge in [-0.2, -0.15) is 5.10 Å². The van der Waals surface area contributed by atoms with Gasteiger partial charge in [-0.3, -0.25) is 5.10 Å². The van der Waals surface area contributed by atoms with Crippen LogP contribution in [-0.4, -0.2) is 21.3 Å². The molecule has 1 aliphatic carbocycles. The number of carboxylic acids is 1. The Morgan fingerprint density at radius 3 is 2.92 bits per heavy atom. The van der Waals surface area contributed by atoms with E-state index in [0.29, 0.717) is 11.8 Å². The Morgan fingerprint density at radius 2 is 2.50 bits per heavy atom. The van der Waals surface area contributed by atoms with E-state index >= 15 is 0 Å². The zero-order valence-electron chi connectivity index (χ0n) is 6.74. The maximum Gasteiger partial charge on any atom is 0.356 e. The van der Waals surface area contributed by atoms with Crippen molar-refractivity contribution in [2.75, 3.05) is 0 Å². The van der Waals surface area contributed by atoms with E-state index in [1.807, 2.05) is 0 Å². The lowest BCUT2D eigenvalue weighted by molar-refractivity contribution is 0.0690. The molecule has 0 amide bonds. The summed E-state index contributed by atoms with van der Waals surface area (Å²) in [7, 11) is 0. The van der Waals surface area contributed by atoms with E-state index in [0.717, 1.165) is 12.1 Å². The molecule has 0 spiro atoms. The third-order valence-electron chi connectivity index (χ3n) is 2.33. The lowest BCUT2D eigenvalue weighted by atomic mass is 10.2.